The van der Waals surface area contributed by atoms with Crippen LogP contribution in [0.5, 0.6) is 0 Å². The summed E-state index contributed by atoms with van der Waals surface area (Å²) in [5.41, 5.74) is 2.20. The molecule has 7 heteroatoms. The van der Waals surface area contributed by atoms with E-state index in [1.165, 1.54) is 0 Å². The number of aromatic nitrogens is 1. The number of hydrogen-bond donors (Lipinski definition) is 2. The summed E-state index contributed by atoms with van der Waals surface area (Å²) in [5, 5.41) is 4.55. The molecule has 0 unspecified atom stereocenters. The zero-order chi connectivity index (χ0) is 22.5. The lowest BCUT2D eigenvalue weighted by molar-refractivity contribution is -0.131. The van der Waals surface area contributed by atoms with E-state index in [2.05, 4.69) is 24.1 Å². The van der Waals surface area contributed by atoms with Gasteiger partial charge in [-0.05, 0) is 61.0 Å². The van der Waals surface area contributed by atoms with E-state index in [0.29, 0.717) is 17.5 Å². The Bertz CT molecular complexity index is 1060. The van der Waals surface area contributed by atoms with E-state index in [-0.39, 0.29) is 30.8 Å². The number of carbonyl (C=O) groups excluding carboxylic acids is 2. The summed E-state index contributed by atoms with van der Waals surface area (Å²) >= 11 is 0. The van der Waals surface area contributed by atoms with E-state index in [0.717, 1.165) is 49.1 Å². The van der Waals surface area contributed by atoms with Crippen LogP contribution < -0.4 is 10.2 Å². The number of nitrogens with zero attached hydrogens (tertiary/aromatic N) is 2. The Kier molecular flexibility index (Phi) is 8.53. The average molecular weight is 469 g/mol. The molecule has 2 aromatic carbocycles. The number of nitrogens with one attached hydrogen (secondary N) is 2. The number of aromatic amines is 1. The van der Waals surface area contributed by atoms with Crippen LogP contribution in [-0.2, 0) is 4.79 Å². The summed E-state index contributed by atoms with van der Waals surface area (Å²) in [6.07, 6.45) is 3.85. The van der Waals surface area contributed by atoms with Crippen molar-refractivity contribution < 1.29 is 9.59 Å². The highest BCUT2D eigenvalue weighted by Gasteiger charge is 2.27. The van der Waals surface area contributed by atoms with Crippen molar-refractivity contribution in [2.24, 2.45) is 5.92 Å². The molecule has 1 aliphatic heterocycles. The molecule has 0 radical (unpaired) electrons. The van der Waals surface area contributed by atoms with Crippen LogP contribution in [0.1, 0.15) is 37.0 Å². The number of anilines is 1. The molecule has 6 nitrogen and oxygen atoms in total. The first-order chi connectivity index (χ1) is 15.5. The van der Waals surface area contributed by atoms with Crippen LogP contribution >= 0.6 is 12.4 Å². The van der Waals surface area contributed by atoms with Crippen LogP contribution in [0, 0.1) is 5.92 Å². The molecular weight excluding hydrogens is 436 g/mol. The van der Waals surface area contributed by atoms with Crippen molar-refractivity contribution in [2.75, 3.05) is 31.1 Å². The molecule has 3 aromatic rings. The van der Waals surface area contributed by atoms with Gasteiger partial charge in [-0.25, -0.2) is 0 Å². The number of piperidine rings is 1. The number of para-hydroxylation sites is 1. The minimum atomic E-state index is -0.169. The Morgan fingerprint density at radius 2 is 1.82 bits per heavy atom. The third-order valence-corrected chi connectivity index (χ3v) is 6.19. The van der Waals surface area contributed by atoms with E-state index < -0.39 is 0 Å². The SMILES string of the molecule is CC(C)NCC1CCN(C(=O)CN(C(=O)c2ccc3cc[nH]c3c2)c2ccccc2)CC1.Cl. The molecule has 0 aliphatic carbocycles. The minimum absolute atomic E-state index is 0. The number of hydrogen-bond acceptors (Lipinski definition) is 3. The Balaban J connectivity index is 0.00000306. The summed E-state index contributed by atoms with van der Waals surface area (Å²) in [6, 6.07) is 17.5. The third kappa shape index (κ3) is 6.15. The van der Waals surface area contributed by atoms with Crippen LogP contribution in [0.2, 0.25) is 0 Å². The lowest BCUT2D eigenvalue weighted by Gasteiger charge is -2.34. The summed E-state index contributed by atoms with van der Waals surface area (Å²) in [5.74, 6) is 0.427. The van der Waals surface area contributed by atoms with Gasteiger partial charge < -0.3 is 15.2 Å². The summed E-state index contributed by atoms with van der Waals surface area (Å²) < 4.78 is 0. The number of carbonyl (C=O) groups is 2. The number of fused-ring (bicyclic) bond motifs is 1. The smallest absolute Gasteiger partial charge is 0.258 e. The largest absolute Gasteiger partial charge is 0.361 e. The number of likely N-dealkylation sites (tertiary alicyclic amines) is 1. The fourth-order valence-corrected chi connectivity index (χ4v) is 4.25. The van der Waals surface area contributed by atoms with Gasteiger partial charge in [0, 0.05) is 42.1 Å². The van der Waals surface area contributed by atoms with Crippen molar-refractivity contribution in [1.82, 2.24) is 15.2 Å². The molecule has 176 valence electrons. The van der Waals surface area contributed by atoms with Crippen molar-refractivity contribution in [1.29, 1.82) is 0 Å². The first kappa shape index (κ1) is 24.8. The zero-order valence-corrected chi connectivity index (χ0v) is 20.1. The number of benzene rings is 2. The average Bonchev–Trinajstić information content (AvgIpc) is 3.29. The van der Waals surface area contributed by atoms with E-state index in [1.807, 2.05) is 65.7 Å². The molecule has 2 heterocycles. The summed E-state index contributed by atoms with van der Waals surface area (Å²) in [4.78, 5) is 33.3. The Morgan fingerprint density at radius 1 is 1.09 bits per heavy atom. The third-order valence-electron chi connectivity index (χ3n) is 6.19. The second kappa shape index (κ2) is 11.3. The van der Waals surface area contributed by atoms with E-state index >= 15 is 0 Å². The molecule has 33 heavy (non-hydrogen) atoms. The highest BCUT2D eigenvalue weighted by Crippen LogP contribution is 2.22. The van der Waals surface area contributed by atoms with E-state index in [9.17, 15) is 9.59 Å². The molecule has 2 N–H and O–H groups in total. The van der Waals surface area contributed by atoms with Gasteiger partial charge in [0.1, 0.15) is 6.54 Å². The maximum Gasteiger partial charge on any atom is 0.258 e. The molecule has 2 amide bonds. The van der Waals surface area contributed by atoms with Crippen molar-refractivity contribution in [3.05, 3.63) is 66.4 Å². The van der Waals surface area contributed by atoms with Crippen LogP contribution in [0.3, 0.4) is 0 Å². The number of H-pyrrole nitrogens is 1. The van der Waals surface area contributed by atoms with Gasteiger partial charge in [0.05, 0.1) is 0 Å². The molecule has 1 fully saturated rings. The fraction of sp³-hybridized carbons (Fsp3) is 0.385. The lowest BCUT2D eigenvalue weighted by atomic mass is 9.96. The first-order valence-electron chi connectivity index (χ1n) is 11.5. The maximum atomic E-state index is 13.5. The standard InChI is InChI=1S/C26H32N4O2.ClH/c1-19(2)28-17-20-11-14-29(15-12-20)25(31)18-30(23-6-4-3-5-7-23)26(32)22-9-8-21-10-13-27-24(21)16-22;/h3-10,13,16,19-20,27-28H,11-12,14-15,17-18H2,1-2H3;1H. The van der Waals surface area contributed by atoms with Crippen LogP contribution in [-0.4, -0.2) is 53.9 Å². The van der Waals surface area contributed by atoms with Gasteiger partial charge in [-0.15, -0.1) is 12.4 Å². The quantitative estimate of drug-likeness (QED) is 0.537. The summed E-state index contributed by atoms with van der Waals surface area (Å²) in [7, 11) is 0. The lowest BCUT2D eigenvalue weighted by Crippen LogP contribution is -2.47. The molecular formula is C26H33ClN4O2. The van der Waals surface area contributed by atoms with Gasteiger partial charge in [0.25, 0.3) is 5.91 Å². The van der Waals surface area contributed by atoms with Gasteiger partial charge in [-0.2, -0.15) is 0 Å². The van der Waals surface area contributed by atoms with Crippen LogP contribution in [0.25, 0.3) is 10.9 Å². The zero-order valence-electron chi connectivity index (χ0n) is 19.3. The van der Waals surface area contributed by atoms with Crippen molar-refractivity contribution >= 4 is 40.8 Å². The van der Waals surface area contributed by atoms with Gasteiger partial charge in [0.2, 0.25) is 5.91 Å². The molecule has 0 spiro atoms. The maximum absolute atomic E-state index is 13.5. The van der Waals surface area contributed by atoms with Crippen molar-refractivity contribution in [2.45, 2.75) is 32.7 Å². The topological polar surface area (TPSA) is 68.4 Å². The molecule has 1 saturated heterocycles. The molecule has 0 bridgehead atoms. The Labute approximate surface area is 201 Å². The predicted molar refractivity (Wildman–Crippen MR) is 136 cm³/mol. The fourth-order valence-electron chi connectivity index (χ4n) is 4.25. The molecule has 0 saturated carbocycles. The van der Waals surface area contributed by atoms with Crippen LogP contribution in [0.4, 0.5) is 5.69 Å². The number of halogens is 1. The van der Waals surface area contributed by atoms with Gasteiger partial charge in [-0.3, -0.25) is 14.5 Å². The monoisotopic (exact) mass is 468 g/mol. The molecule has 1 aromatic heterocycles. The normalized spacial score (nSPS) is 14.3. The van der Waals surface area contributed by atoms with Crippen molar-refractivity contribution in [3.8, 4) is 0 Å². The van der Waals surface area contributed by atoms with E-state index in [4.69, 9.17) is 0 Å². The Hall–Kier alpha value is -2.83. The molecule has 1 aliphatic rings. The Morgan fingerprint density at radius 3 is 2.52 bits per heavy atom. The van der Waals surface area contributed by atoms with Gasteiger partial charge >= 0.3 is 0 Å². The first-order valence-corrected chi connectivity index (χ1v) is 11.5. The van der Waals surface area contributed by atoms with E-state index in [1.54, 1.807) is 4.90 Å². The highest BCUT2D eigenvalue weighted by atomic mass is 35.5. The number of amides is 2. The number of rotatable bonds is 7. The second-order valence-corrected chi connectivity index (χ2v) is 8.89. The second-order valence-electron chi connectivity index (χ2n) is 8.89. The minimum Gasteiger partial charge on any atom is -0.361 e. The van der Waals surface area contributed by atoms with Crippen LogP contribution in [0.15, 0.2) is 60.8 Å². The van der Waals surface area contributed by atoms with Crippen molar-refractivity contribution in [3.63, 3.8) is 0 Å². The molecule has 0 atom stereocenters. The summed E-state index contributed by atoms with van der Waals surface area (Å²) in [6.45, 7) is 6.84. The highest BCUT2D eigenvalue weighted by molar-refractivity contribution is 6.10. The van der Waals surface area contributed by atoms with Gasteiger partial charge in [-0.1, -0.05) is 38.1 Å². The molecule has 4 rings (SSSR count). The predicted octanol–water partition coefficient (Wildman–Crippen LogP) is 4.47. The van der Waals surface area contributed by atoms with Gasteiger partial charge in [0.15, 0.2) is 0 Å².